The Morgan fingerprint density at radius 1 is 1.11 bits per heavy atom. The molecule has 7 heteroatoms. The average Bonchev–Trinajstić information content (AvgIpc) is 3.36. The fraction of sp³-hybridized carbons (Fsp3) is 0.690. The summed E-state index contributed by atoms with van der Waals surface area (Å²) in [4.78, 5) is 7.25. The topological polar surface area (TPSA) is 63.8 Å². The molecule has 2 bridgehead atoms. The van der Waals surface area contributed by atoms with E-state index in [9.17, 15) is 0 Å². The Balaban J connectivity index is 1.12. The van der Waals surface area contributed by atoms with Crippen LogP contribution in [0.15, 0.2) is 12.3 Å². The third-order valence-electron chi connectivity index (χ3n) is 10.1. The highest BCUT2D eigenvalue weighted by Crippen LogP contribution is 2.50. The smallest absolute Gasteiger partial charge is 0.159 e. The minimum absolute atomic E-state index is 0.453. The van der Waals surface area contributed by atoms with Gasteiger partial charge in [0.05, 0.1) is 23.0 Å². The van der Waals surface area contributed by atoms with Gasteiger partial charge in [-0.1, -0.05) is 12.8 Å². The zero-order valence-electron chi connectivity index (χ0n) is 22.3. The van der Waals surface area contributed by atoms with E-state index in [0.29, 0.717) is 5.41 Å². The predicted octanol–water partition coefficient (Wildman–Crippen LogP) is 4.83. The molecule has 7 nitrogen and oxygen atoms in total. The first-order valence-corrected chi connectivity index (χ1v) is 14.3. The molecule has 0 saturated heterocycles. The second-order valence-electron chi connectivity index (χ2n) is 12.4. The van der Waals surface area contributed by atoms with Gasteiger partial charge in [-0.05, 0) is 76.2 Å². The summed E-state index contributed by atoms with van der Waals surface area (Å²) in [5, 5.41) is 14.9. The Labute approximate surface area is 214 Å². The largest absolute Gasteiger partial charge is 0.366 e. The Morgan fingerprint density at radius 3 is 2.83 bits per heavy atom. The molecule has 0 amide bonds. The summed E-state index contributed by atoms with van der Waals surface area (Å²) >= 11 is 0. The van der Waals surface area contributed by atoms with Crippen LogP contribution >= 0.6 is 0 Å². The van der Waals surface area contributed by atoms with Crippen molar-refractivity contribution in [1.82, 2.24) is 29.9 Å². The average molecular weight is 488 g/mol. The molecule has 0 spiro atoms. The maximum atomic E-state index is 5.18. The quantitative estimate of drug-likeness (QED) is 0.559. The number of hydrogen-bond acceptors (Lipinski definition) is 5. The molecule has 3 unspecified atom stereocenters. The molecule has 4 aliphatic rings. The molecule has 3 atom stereocenters. The minimum atomic E-state index is 0.453. The lowest BCUT2D eigenvalue weighted by molar-refractivity contribution is 0.0257. The molecule has 0 aromatic carbocycles. The van der Waals surface area contributed by atoms with Crippen molar-refractivity contribution in [3.8, 4) is 0 Å². The van der Waals surface area contributed by atoms with Crippen molar-refractivity contribution in [2.45, 2.75) is 103 Å². The van der Waals surface area contributed by atoms with E-state index < -0.39 is 0 Å². The number of aryl methyl sites for hydroxylation is 3. The van der Waals surface area contributed by atoms with Crippen molar-refractivity contribution in [2.75, 3.05) is 11.4 Å². The lowest BCUT2D eigenvalue weighted by atomic mass is 9.60. The first-order chi connectivity index (χ1) is 17.5. The van der Waals surface area contributed by atoms with E-state index in [-0.39, 0.29) is 0 Å². The number of fused-ring (bicyclic) bond motifs is 4. The highest BCUT2D eigenvalue weighted by atomic mass is 15.3. The minimum Gasteiger partial charge on any atom is -0.366 e. The number of hydrogen-bond donors (Lipinski definition) is 1. The van der Waals surface area contributed by atoms with E-state index in [1.54, 1.807) is 0 Å². The van der Waals surface area contributed by atoms with Gasteiger partial charge in [-0.3, -0.25) is 9.36 Å². The maximum absolute atomic E-state index is 5.18. The molecule has 7 rings (SSSR count). The summed E-state index contributed by atoms with van der Waals surface area (Å²) in [6.45, 7) is 7.38. The summed E-state index contributed by atoms with van der Waals surface area (Å²) in [6.07, 6.45) is 15.6. The Bertz CT molecular complexity index is 1280. The Kier molecular flexibility index (Phi) is 5.42. The molecule has 4 heterocycles. The molecule has 3 aromatic rings. The van der Waals surface area contributed by atoms with E-state index in [0.717, 1.165) is 60.8 Å². The number of aromatic nitrogens is 5. The van der Waals surface area contributed by atoms with Gasteiger partial charge in [-0.15, -0.1) is 0 Å². The van der Waals surface area contributed by atoms with Crippen LogP contribution in [0.3, 0.4) is 0 Å². The summed E-state index contributed by atoms with van der Waals surface area (Å²) in [5.41, 5.74) is 7.87. The molecular weight excluding hydrogens is 446 g/mol. The van der Waals surface area contributed by atoms with E-state index in [4.69, 9.17) is 10.1 Å². The van der Waals surface area contributed by atoms with Crippen LogP contribution in [-0.4, -0.2) is 43.2 Å². The van der Waals surface area contributed by atoms with Crippen LogP contribution in [0.25, 0.3) is 11.0 Å². The fourth-order valence-electron chi connectivity index (χ4n) is 7.89. The maximum Gasteiger partial charge on any atom is 0.159 e. The van der Waals surface area contributed by atoms with Crippen molar-refractivity contribution in [2.24, 2.45) is 18.4 Å². The summed E-state index contributed by atoms with van der Waals surface area (Å²) < 4.78 is 4.33. The van der Waals surface area contributed by atoms with Gasteiger partial charge in [0.1, 0.15) is 0 Å². The molecule has 3 aliphatic carbocycles. The van der Waals surface area contributed by atoms with Crippen molar-refractivity contribution in [3.63, 3.8) is 0 Å². The SMILES string of the molecule is Cc1cc(N2CCc3c(c(C)nn3CC34CCCC(C3)C(NC3CCC3)CC4)C2)c2cnn(C)c2n1. The van der Waals surface area contributed by atoms with E-state index in [2.05, 4.69) is 39.9 Å². The summed E-state index contributed by atoms with van der Waals surface area (Å²) in [5.74, 6) is 0.868. The van der Waals surface area contributed by atoms with Gasteiger partial charge in [-0.25, -0.2) is 4.98 Å². The molecule has 1 aliphatic heterocycles. The molecule has 192 valence electrons. The highest BCUT2D eigenvalue weighted by molar-refractivity contribution is 5.89. The number of nitrogens with one attached hydrogen (secondary N) is 1. The summed E-state index contributed by atoms with van der Waals surface area (Å²) in [6, 6.07) is 3.80. The lowest BCUT2D eigenvalue weighted by Crippen LogP contribution is -2.52. The van der Waals surface area contributed by atoms with E-state index >= 15 is 0 Å². The van der Waals surface area contributed by atoms with Crippen LogP contribution in [0.2, 0.25) is 0 Å². The monoisotopic (exact) mass is 487 g/mol. The predicted molar refractivity (Wildman–Crippen MR) is 143 cm³/mol. The van der Waals surface area contributed by atoms with Gasteiger partial charge < -0.3 is 10.2 Å². The fourth-order valence-corrected chi connectivity index (χ4v) is 7.89. The van der Waals surface area contributed by atoms with Crippen LogP contribution in [0.4, 0.5) is 5.69 Å². The number of rotatable bonds is 5. The highest BCUT2D eigenvalue weighted by Gasteiger charge is 2.45. The van der Waals surface area contributed by atoms with Crippen LogP contribution in [0, 0.1) is 25.2 Å². The molecule has 1 N–H and O–H groups in total. The molecule has 0 radical (unpaired) electrons. The third-order valence-corrected chi connectivity index (χ3v) is 10.1. The number of nitrogens with zero attached hydrogens (tertiary/aromatic N) is 6. The zero-order chi connectivity index (χ0) is 24.4. The second-order valence-corrected chi connectivity index (χ2v) is 12.4. The first-order valence-electron chi connectivity index (χ1n) is 14.3. The Hall–Kier alpha value is -2.41. The lowest BCUT2D eigenvalue weighted by Gasteiger charge is -2.50. The van der Waals surface area contributed by atoms with Crippen LogP contribution < -0.4 is 10.2 Å². The van der Waals surface area contributed by atoms with Crippen molar-refractivity contribution >= 4 is 16.7 Å². The van der Waals surface area contributed by atoms with Crippen LogP contribution in [0.5, 0.6) is 0 Å². The normalized spacial score (nSPS) is 28.4. The third kappa shape index (κ3) is 3.77. The molecule has 36 heavy (non-hydrogen) atoms. The van der Waals surface area contributed by atoms with Gasteiger partial charge in [0.15, 0.2) is 5.65 Å². The standard InChI is InChI=1S/C29H41N7/c1-19-14-27(23-16-30-34(3)28(23)31-19)35-13-10-26-24(17-35)20(2)33-36(26)18-29-11-5-6-21(15-29)25(9-12-29)32-22-7-4-8-22/h14,16,21-22,25,32H,4-13,15,17-18H2,1-3H3. The van der Waals surface area contributed by atoms with Gasteiger partial charge in [0, 0.05) is 62.1 Å². The van der Waals surface area contributed by atoms with Gasteiger partial charge in [0.2, 0.25) is 0 Å². The zero-order valence-corrected chi connectivity index (χ0v) is 22.3. The van der Waals surface area contributed by atoms with Gasteiger partial charge >= 0.3 is 0 Å². The van der Waals surface area contributed by atoms with Gasteiger partial charge in [-0.2, -0.15) is 10.2 Å². The van der Waals surface area contributed by atoms with E-state index in [1.165, 1.54) is 80.4 Å². The molecular formula is C29H41N7. The molecule has 3 aromatic heterocycles. The van der Waals surface area contributed by atoms with Gasteiger partial charge in [0.25, 0.3) is 0 Å². The molecule has 3 saturated carbocycles. The van der Waals surface area contributed by atoms with Crippen molar-refractivity contribution < 1.29 is 0 Å². The second kappa shape index (κ2) is 8.57. The number of anilines is 1. The number of pyridine rings is 1. The van der Waals surface area contributed by atoms with Crippen molar-refractivity contribution in [1.29, 1.82) is 0 Å². The Morgan fingerprint density at radius 2 is 2.00 bits per heavy atom. The van der Waals surface area contributed by atoms with Crippen LogP contribution in [0.1, 0.15) is 80.4 Å². The first kappa shape index (κ1) is 22.8. The summed E-state index contributed by atoms with van der Waals surface area (Å²) in [7, 11) is 1.98. The van der Waals surface area contributed by atoms with Crippen LogP contribution in [-0.2, 0) is 26.6 Å². The van der Waals surface area contributed by atoms with Crippen molar-refractivity contribution in [3.05, 3.63) is 34.9 Å². The van der Waals surface area contributed by atoms with E-state index in [1.807, 2.05) is 17.9 Å². The molecule has 3 fully saturated rings.